The fourth-order valence-corrected chi connectivity index (χ4v) is 5.72. The molecule has 0 unspecified atom stereocenters. The SMILES string of the molecule is COc1ccccc1[C@@H]1CC(=O)Nc2c1c(C)nn2[C@H]1CCS(=O)(=O)C1. The van der Waals surface area contributed by atoms with Crippen molar-refractivity contribution in [1.82, 2.24) is 9.78 Å². The molecule has 0 saturated carbocycles. The van der Waals surface area contributed by atoms with E-state index in [-0.39, 0.29) is 29.4 Å². The molecule has 2 atom stereocenters. The van der Waals surface area contributed by atoms with Crippen LogP contribution >= 0.6 is 0 Å². The Morgan fingerprint density at radius 3 is 2.77 bits per heavy atom. The molecule has 0 aliphatic carbocycles. The lowest BCUT2D eigenvalue weighted by atomic mass is 9.85. The molecule has 0 spiro atoms. The van der Waals surface area contributed by atoms with E-state index < -0.39 is 9.84 Å². The number of ether oxygens (including phenoxy) is 1. The van der Waals surface area contributed by atoms with Gasteiger partial charge >= 0.3 is 0 Å². The average Bonchev–Trinajstić information content (AvgIpc) is 3.13. The summed E-state index contributed by atoms with van der Waals surface area (Å²) in [4.78, 5) is 12.4. The molecule has 8 heteroatoms. The van der Waals surface area contributed by atoms with Gasteiger partial charge in [-0.15, -0.1) is 0 Å². The van der Waals surface area contributed by atoms with Gasteiger partial charge in [0, 0.05) is 23.5 Å². The van der Waals surface area contributed by atoms with Gasteiger partial charge in [0.05, 0.1) is 30.4 Å². The zero-order chi connectivity index (χ0) is 18.5. The smallest absolute Gasteiger partial charge is 0.226 e. The highest BCUT2D eigenvalue weighted by Crippen LogP contribution is 2.43. The Labute approximate surface area is 152 Å². The number of amides is 1. The van der Waals surface area contributed by atoms with Crippen molar-refractivity contribution in [2.24, 2.45) is 0 Å². The number of carbonyl (C=O) groups excluding carboxylic acids is 1. The molecule has 1 fully saturated rings. The number of nitrogens with zero attached hydrogens (tertiary/aromatic N) is 2. The summed E-state index contributed by atoms with van der Waals surface area (Å²) in [7, 11) is -1.43. The molecule has 7 nitrogen and oxygen atoms in total. The summed E-state index contributed by atoms with van der Waals surface area (Å²) < 4.78 is 30.9. The minimum Gasteiger partial charge on any atom is -0.496 e. The monoisotopic (exact) mass is 375 g/mol. The minimum absolute atomic E-state index is 0.0652. The summed E-state index contributed by atoms with van der Waals surface area (Å²) in [5.41, 5.74) is 2.69. The fraction of sp³-hybridized carbons (Fsp3) is 0.444. The van der Waals surface area contributed by atoms with Gasteiger partial charge in [-0.2, -0.15) is 5.10 Å². The molecule has 1 amide bonds. The Morgan fingerprint density at radius 1 is 1.31 bits per heavy atom. The van der Waals surface area contributed by atoms with E-state index in [1.54, 1.807) is 11.8 Å². The van der Waals surface area contributed by atoms with Crippen LogP contribution in [0.2, 0.25) is 0 Å². The summed E-state index contributed by atoms with van der Waals surface area (Å²) in [6.07, 6.45) is 0.827. The standard InChI is InChI=1S/C18H21N3O4S/c1-11-17-14(13-5-3-4-6-15(13)25-2)9-16(22)19-18(17)21(20-11)12-7-8-26(23,24)10-12/h3-6,12,14H,7-10H2,1-2H3,(H,19,22)/t12-,14-/m0/s1. The normalized spacial score (nSPS) is 24.2. The Kier molecular flexibility index (Phi) is 4.02. The number of fused-ring (bicyclic) bond motifs is 1. The minimum atomic E-state index is -3.04. The highest BCUT2D eigenvalue weighted by molar-refractivity contribution is 7.91. The predicted molar refractivity (Wildman–Crippen MR) is 97.4 cm³/mol. The predicted octanol–water partition coefficient (Wildman–Crippen LogP) is 2.03. The van der Waals surface area contributed by atoms with E-state index in [0.29, 0.717) is 18.7 Å². The number of aromatic nitrogens is 2. The number of nitrogens with one attached hydrogen (secondary N) is 1. The molecule has 1 saturated heterocycles. The van der Waals surface area contributed by atoms with Gasteiger partial charge in [-0.05, 0) is 19.4 Å². The molecule has 0 radical (unpaired) electrons. The fourth-order valence-electron chi connectivity index (χ4n) is 4.02. The molecule has 0 bridgehead atoms. The van der Waals surface area contributed by atoms with E-state index in [1.807, 2.05) is 31.2 Å². The number of rotatable bonds is 3. The molecule has 2 aliphatic rings. The topological polar surface area (TPSA) is 90.3 Å². The van der Waals surface area contributed by atoms with Crippen LogP contribution in [-0.2, 0) is 14.6 Å². The van der Waals surface area contributed by atoms with Crippen molar-refractivity contribution in [1.29, 1.82) is 0 Å². The molecular formula is C18H21N3O4S. The average molecular weight is 375 g/mol. The van der Waals surface area contributed by atoms with Crippen molar-refractivity contribution in [3.63, 3.8) is 0 Å². The van der Waals surface area contributed by atoms with E-state index >= 15 is 0 Å². The second kappa shape index (κ2) is 6.12. The maximum Gasteiger partial charge on any atom is 0.226 e. The lowest BCUT2D eigenvalue weighted by molar-refractivity contribution is -0.116. The van der Waals surface area contributed by atoms with Crippen LogP contribution < -0.4 is 10.1 Å². The summed E-state index contributed by atoms with van der Waals surface area (Å²) in [5, 5.41) is 7.52. The number of anilines is 1. The summed E-state index contributed by atoms with van der Waals surface area (Å²) in [5.74, 6) is 1.31. The summed E-state index contributed by atoms with van der Waals surface area (Å²) in [6.45, 7) is 1.90. The van der Waals surface area contributed by atoms with E-state index in [0.717, 1.165) is 22.6 Å². The summed E-state index contributed by atoms with van der Waals surface area (Å²) >= 11 is 0. The van der Waals surface area contributed by atoms with Gasteiger partial charge in [-0.3, -0.25) is 4.79 Å². The van der Waals surface area contributed by atoms with E-state index in [4.69, 9.17) is 4.74 Å². The number of methoxy groups -OCH3 is 1. The number of para-hydroxylation sites is 1. The zero-order valence-electron chi connectivity index (χ0n) is 14.7. The van der Waals surface area contributed by atoms with Gasteiger partial charge in [-0.1, -0.05) is 18.2 Å². The number of benzene rings is 1. The van der Waals surface area contributed by atoms with Crippen LogP contribution in [0.1, 0.15) is 41.6 Å². The largest absolute Gasteiger partial charge is 0.496 e. The van der Waals surface area contributed by atoms with Gasteiger partial charge in [0.2, 0.25) is 5.91 Å². The molecule has 26 heavy (non-hydrogen) atoms. The third-order valence-corrected chi connectivity index (χ3v) is 6.95. The molecular weight excluding hydrogens is 354 g/mol. The van der Waals surface area contributed by atoms with Crippen LogP contribution in [0, 0.1) is 6.92 Å². The molecule has 1 aromatic carbocycles. The van der Waals surface area contributed by atoms with Crippen LogP contribution in [0.4, 0.5) is 5.82 Å². The van der Waals surface area contributed by atoms with Gasteiger partial charge in [-0.25, -0.2) is 13.1 Å². The van der Waals surface area contributed by atoms with Gasteiger partial charge in [0.15, 0.2) is 9.84 Å². The Morgan fingerprint density at radius 2 is 2.08 bits per heavy atom. The number of hydrogen-bond acceptors (Lipinski definition) is 5. The van der Waals surface area contributed by atoms with Crippen molar-refractivity contribution >= 4 is 21.6 Å². The molecule has 1 N–H and O–H groups in total. The molecule has 3 heterocycles. The first-order valence-electron chi connectivity index (χ1n) is 8.62. The van der Waals surface area contributed by atoms with Crippen LogP contribution in [0.25, 0.3) is 0 Å². The number of hydrogen-bond donors (Lipinski definition) is 1. The van der Waals surface area contributed by atoms with Crippen LogP contribution in [0.5, 0.6) is 5.75 Å². The second-order valence-electron chi connectivity index (χ2n) is 6.90. The second-order valence-corrected chi connectivity index (χ2v) is 9.12. The maximum absolute atomic E-state index is 12.4. The molecule has 138 valence electrons. The first kappa shape index (κ1) is 17.1. The van der Waals surface area contributed by atoms with Crippen molar-refractivity contribution in [3.8, 4) is 5.75 Å². The Balaban J connectivity index is 1.83. The Bertz CT molecular complexity index is 980. The van der Waals surface area contributed by atoms with Crippen molar-refractivity contribution in [3.05, 3.63) is 41.1 Å². The third kappa shape index (κ3) is 2.78. The molecule has 1 aromatic heterocycles. The van der Waals surface area contributed by atoms with E-state index in [2.05, 4.69) is 10.4 Å². The van der Waals surface area contributed by atoms with Crippen LogP contribution in [0.15, 0.2) is 24.3 Å². The quantitative estimate of drug-likeness (QED) is 0.886. The Hall–Kier alpha value is -2.35. The first-order chi connectivity index (χ1) is 12.4. The van der Waals surface area contributed by atoms with Gasteiger partial charge in [0.25, 0.3) is 0 Å². The number of sulfone groups is 1. The van der Waals surface area contributed by atoms with Crippen molar-refractivity contribution < 1.29 is 17.9 Å². The number of aryl methyl sites for hydroxylation is 1. The third-order valence-electron chi connectivity index (χ3n) is 5.20. The van der Waals surface area contributed by atoms with Gasteiger partial charge in [0.1, 0.15) is 11.6 Å². The van der Waals surface area contributed by atoms with Crippen molar-refractivity contribution in [2.45, 2.75) is 31.7 Å². The van der Waals surface area contributed by atoms with Gasteiger partial charge < -0.3 is 10.1 Å². The summed E-state index contributed by atoms with van der Waals surface area (Å²) in [6, 6.07) is 7.42. The van der Waals surface area contributed by atoms with E-state index in [1.165, 1.54) is 0 Å². The van der Waals surface area contributed by atoms with E-state index in [9.17, 15) is 13.2 Å². The van der Waals surface area contributed by atoms with Crippen LogP contribution in [0.3, 0.4) is 0 Å². The maximum atomic E-state index is 12.4. The molecule has 2 aliphatic heterocycles. The highest BCUT2D eigenvalue weighted by atomic mass is 32.2. The van der Waals surface area contributed by atoms with Crippen LogP contribution in [-0.4, -0.2) is 42.7 Å². The highest BCUT2D eigenvalue weighted by Gasteiger charge is 2.37. The zero-order valence-corrected chi connectivity index (χ0v) is 15.5. The lowest BCUT2D eigenvalue weighted by Crippen LogP contribution is -2.26. The first-order valence-corrected chi connectivity index (χ1v) is 10.4. The van der Waals surface area contributed by atoms with Crippen molar-refractivity contribution in [2.75, 3.05) is 23.9 Å². The molecule has 4 rings (SSSR count). The number of carbonyl (C=O) groups is 1. The lowest BCUT2D eigenvalue weighted by Gasteiger charge is -2.26. The molecule has 2 aromatic rings.